The van der Waals surface area contributed by atoms with Crippen LogP contribution in [-0.2, 0) is 16.1 Å². The van der Waals surface area contributed by atoms with E-state index in [1.54, 1.807) is 0 Å². The Bertz CT molecular complexity index is 1150. The van der Waals surface area contributed by atoms with Gasteiger partial charge in [-0.05, 0) is 37.1 Å². The van der Waals surface area contributed by atoms with Crippen molar-refractivity contribution in [2.75, 3.05) is 22.1 Å². The number of unbranched alkanes of at least 4 members (excludes halogenated alkanes) is 2. The molecule has 0 spiro atoms. The van der Waals surface area contributed by atoms with E-state index < -0.39 is 17.2 Å². The molecule has 2 heterocycles. The average Bonchev–Trinajstić information content (AvgIpc) is 3.13. The first-order valence-corrected chi connectivity index (χ1v) is 11.2. The van der Waals surface area contributed by atoms with Gasteiger partial charge in [-0.1, -0.05) is 26.7 Å². The van der Waals surface area contributed by atoms with Gasteiger partial charge in [0.15, 0.2) is 5.69 Å². The molecular weight excluding hydrogens is 426 g/mol. The van der Waals surface area contributed by atoms with Crippen molar-refractivity contribution < 1.29 is 14.4 Å². The summed E-state index contributed by atoms with van der Waals surface area (Å²) in [4.78, 5) is 67.0. The van der Waals surface area contributed by atoms with Gasteiger partial charge in [0, 0.05) is 31.5 Å². The number of nitrogen functional groups attached to an aromatic ring is 1. The van der Waals surface area contributed by atoms with Gasteiger partial charge in [-0.3, -0.25) is 33.6 Å². The third-order valence-electron chi connectivity index (χ3n) is 5.62. The zero-order chi connectivity index (χ0) is 24.1. The van der Waals surface area contributed by atoms with Gasteiger partial charge in [0.2, 0.25) is 11.8 Å². The molecule has 33 heavy (non-hydrogen) atoms. The fraction of sp³-hybridized carbons (Fsp3) is 0.435. The van der Waals surface area contributed by atoms with E-state index in [2.05, 4.69) is 4.98 Å². The number of rotatable bonds is 9. The molecule has 1 aromatic heterocycles. The van der Waals surface area contributed by atoms with Crippen molar-refractivity contribution >= 4 is 34.9 Å². The molecule has 3 rings (SSSR count). The van der Waals surface area contributed by atoms with Crippen molar-refractivity contribution in [3.63, 3.8) is 0 Å². The number of carbonyl (C=O) groups excluding carboxylic acids is 3. The number of benzene rings is 1. The van der Waals surface area contributed by atoms with Gasteiger partial charge in [-0.2, -0.15) is 0 Å². The van der Waals surface area contributed by atoms with Crippen LogP contribution in [0.15, 0.2) is 33.9 Å². The summed E-state index contributed by atoms with van der Waals surface area (Å²) in [5, 5.41) is 0. The second-order valence-corrected chi connectivity index (χ2v) is 7.98. The fourth-order valence-electron chi connectivity index (χ4n) is 3.78. The molecule has 0 aliphatic carbocycles. The first-order valence-electron chi connectivity index (χ1n) is 11.2. The molecule has 1 aliphatic rings. The minimum absolute atomic E-state index is 0.0495. The van der Waals surface area contributed by atoms with Crippen LogP contribution in [0.5, 0.6) is 0 Å². The molecule has 0 bridgehead atoms. The molecule has 1 saturated heterocycles. The predicted molar refractivity (Wildman–Crippen MR) is 125 cm³/mol. The topological polar surface area (TPSA) is 139 Å². The third-order valence-corrected chi connectivity index (χ3v) is 5.62. The molecule has 1 aliphatic heterocycles. The first-order chi connectivity index (χ1) is 15.8. The molecule has 1 fully saturated rings. The second kappa shape index (κ2) is 10.3. The van der Waals surface area contributed by atoms with E-state index in [0.29, 0.717) is 25.1 Å². The highest BCUT2D eigenvalue weighted by molar-refractivity contribution is 6.20. The summed E-state index contributed by atoms with van der Waals surface area (Å²) in [6.45, 7) is 4.49. The van der Waals surface area contributed by atoms with Crippen molar-refractivity contribution in [1.82, 2.24) is 9.55 Å². The lowest BCUT2D eigenvalue weighted by Crippen LogP contribution is -2.41. The maximum Gasteiger partial charge on any atom is 0.330 e. The highest BCUT2D eigenvalue weighted by Gasteiger charge is 2.31. The number of aromatic nitrogens is 2. The molecule has 1 aromatic carbocycles. The van der Waals surface area contributed by atoms with Crippen LogP contribution in [0.25, 0.3) is 0 Å². The van der Waals surface area contributed by atoms with Crippen LogP contribution in [0.1, 0.15) is 62.7 Å². The summed E-state index contributed by atoms with van der Waals surface area (Å²) in [6, 6.07) is 6.07. The van der Waals surface area contributed by atoms with Crippen LogP contribution in [0.2, 0.25) is 0 Å². The molecule has 176 valence electrons. The van der Waals surface area contributed by atoms with Crippen molar-refractivity contribution in [3.8, 4) is 0 Å². The summed E-state index contributed by atoms with van der Waals surface area (Å²) >= 11 is 0. The van der Waals surface area contributed by atoms with Crippen LogP contribution in [0.3, 0.4) is 0 Å². The van der Waals surface area contributed by atoms with Crippen LogP contribution in [0, 0.1) is 0 Å². The van der Waals surface area contributed by atoms with E-state index in [1.165, 1.54) is 33.7 Å². The zero-order valence-corrected chi connectivity index (χ0v) is 18.9. The Morgan fingerprint density at radius 1 is 1.00 bits per heavy atom. The first kappa shape index (κ1) is 24.0. The molecule has 10 heteroatoms. The quantitative estimate of drug-likeness (QED) is 0.555. The van der Waals surface area contributed by atoms with Crippen LogP contribution < -0.4 is 26.8 Å². The van der Waals surface area contributed by atoms with Crippen molar-refractivity contribution in [1.29, 1.82) is 0 Å². The number of carbonyl (C=O) groups is 3. The van der Waals surface area contributed by atoms with E-state index >= 15 is 0 Å². The van der Waals surface area contributed by atoms with Gasteiger partial charge in [-0.15, -0.1) is 0 Å². The lowest BCUT2D eigenvalue weighted by atomic mass is 10.1. The molecule has 0 atom stereocenters. The lowest BCUT2D eigenvalue weighted by Gasteiger charge is -2.25. The van der Waals surface area contributed by atoms with E-state index in [9.17, 15) is 24.0 Å². The van der Waals surface area contributed by atoms with E-state index in [0.717, 1.165) is 17.7 Å². The Balaban J connectivity index is 1.99. The molecule has 0 unspecified atom stereocenters. The number of nitrogens with two attached hydrogens (primary N) is 1. The Labute approximate surface area is 191 Å². The smallest absolute Gasteiger partial charge is 0.330 e. The number of nitrogens with one attached hydrogen (secondary N) is 1. The lowest BCUT2D eigenvalue weighted by molar-refractivity contribution is -0.121. The summed E-state index contributed by atoms with van der Waals surface area (Å²) < 4.78 is 1.28. The summed E-state index contributed by atoms with van der Waals surface area (Å²) in [5.41, 5.74) is 5.49. The Morgan fingerprint density at radius 2 is 1.61 bits per heavy atom. The van der Waals surface area contributed by atoms with Gasteiger partial charge in [-0.25, -0.2) is 4.79 Å². The summed E-state index contributed by atoms with van der Waals surface area (Å²) in [7, 11) is 0. The molecule has 0 saturated carbocycles. The maximum atomic E-state index is 13.4. The van der Waals surface area contributed by atoms with E-state index in [-0.39, 0.29) is 48.3 Å². The second-order valence-electron chi connectivity index (χ2n) is 7.98. The number of anilines is 3. The molecule has 3 amide bonds. The molecule has 3 N–H and O–H groups in total. The SMILES string of the molecule is CCCCN(C(=O)c1ccc(N2C(=O)CCC2=O)cc1)c1c(N)n(CCCC)c(=O)[nH]c1=O. The molecule has 2 aromatic rings. The van der Waals surface area contributed by atoms with Gasteiger partial charge in [0.05, 0.1) is 5.69 Å². The van der Waals surface area contributed by atoms with Gasteiger partial charge in [0.25, 0.3) is 11.5 Å². The van der Waals surface area contributed by atoms with Crippen LogP contribution in [0.4, 0.5) is 17.2 Å². The van der Waals surface area contributed by atoms with Gasteiger partial charge >= 0.3 is 5.69 Å². The van der Waals surface area contributed by atoms with Gasteiger partial charge in [0.1, 0.15) is 5.82 Å². The van der Waals surface area contributed by atoms with E-state index in [1.807, 2.05) is 13.8 Å². The average molecular weight is 456 g/mol. The molecular formula is C23H29N5O5. The molecule has 0 radical (unpaired) electrons. The minimum Gasteiger partial charge on any atom is -0.383 e. The Kier molecular flexibility index (Phi) is 7.47. The third kappa shape index (κ3) is 4.89. The van der Waals surface area contributed by atoms with E-state index in [4.69, 9.17) is 5.73 Å². The largest absolute Gasteiger partial charge is 0.383 e. The highest BCUT2D eigenvalue weighted by Crippen LogP contribution is 2.25. The standard InChI is InChI=1S/C23H29N5O5/c1-3-5-13-26(19-20(24)27(14-6-4-2)23(33)25-21(19)31)22(32)15-7-9-16(10-8-15)28-17(29)11-12-18(28)30/h7-10H,3-6,11-14,24H2,1-2H3,(H,25,31,33). The van der Waals surface area contributed by atoms with Gasteiger partial charge < -0.3 is 10.6 Å². The number of imide groups is 1. The minimum atomic E-state index is -0.723. The van der Waals surface area contributed by atoms with Crippen molar-refractivity contribution in [3.05, 3.63) is 50.7 Å². The number of hydrogen-bond acceptors (Lipinski definition) is 6. The van der Waals surface area contributed by atoms with Crippen LogP contribution >= 0.6 is 0 Å². The number of H-pyrrole nitrogens is 1. The number of aromatic amines is 1. The Morgan fingerprint density at radius 3 is 2.18 bits per heavy atom. The normalized spacial score (nSPS) is 13.6. The predicted octanol–water partition coefficient (Wildman–Crippen LogP) is 2.02. The Hall–Kier alpha value is -3.69. The highest BCUT2D eigenvalue weighted by atomic mass is 16.2. The monoisotopic (exact) mass is 455 g/mol. The number of hydrogen-bond donors (Lipinski definition) is 2. The van der Waals surface area contributed by atoms with Crippen LogP contribution in [-0.4, -0.2) is 33.8 Å². The zero-order valence-electron chi connectivity index (χ0n) is 18.9. The fourth-order valence-corrected chi connectivity index (χ4v) is 3.78. The number of nitrogens with zero attached hydrogens (tertiary/aromatic N) is 3. The van der Waals surface area contributed by atoms with Crippen molar-refractivity contribution in [2.45, 2.75) is 58.9 Å². The summed E-state index contributed by atoms with van der Waals surface area (Å²) in [5.74, 6) is -1.08. The van der Waals surface area contributed by atoms with Crippen molar-refractivity contribution in [2.24, 2.45) is 0 Å². The summed E-state index contributed by atoms with van der Waals surface area (Å²) in [6.07, 6.45) is 3.24. The molecule has 10 nitrogen and oxygen atoms in total. The maximum absolute atomic E-state index is 13.4. The number of amides is 3.